The molecule has 8 amide bonds. The molecule has 0 radical (unpaired) electrons. The lowest BCUT2D eigenvalue weighted by atomic mass is 9.94. The molecule has 0 spiro atoms. The molecule has 0 unspecified atom stereocenters. The van der Waals surface area contributed by atoms with E-state index in [0.29, 0.717) is 87.9 Å². The summed E-state index contributed by atoms with van der Waals surface area (Å²) in [5.41, 5.74) is 25.6. The number of urea groups is 1. The standard InChI is InChI=1S/C38H47N7O7.C32H41N5O6.C27H33N5O4.CH4.FH/c1-7-32(47)42-13-14-43(37(42)51)33(22(2)3)34(48)40-30-17-24-15-26(18-27(46)16-24)25-10-11-28-31(19-25)44(23(4)39-28)20-38(5,6)21-52-36(50)29-9-8-12-45(41-29)35(30)49;1-19-33-24-10-9-21-16-27(24)36(19)17-32(5,6)18-42-29(40)25-8-7-11-37(35-25)28(39)26(34-30(41)43-31(2,3)4)14-20-12-22(21)15-23(38)13-20;1-16-29-22-7-6-18-13-24(22)31(16)14-27(2,3)15-36-26(35)23-5-4-8-32(30-23)25(34)21(28)11-17-9-19(18)12-20(33)10-17;;/h7,10-11,15-16,18-19,22,29-30,33,41,46H,1,8-9,12-14,17,20-21H2,2-6H3,(H,40,48);9-10,12-13,15-16,25-26,35,38H,7-8,11,14,17-18H2,1-6H3,(H,34,41);6-7,9-10,12-13,21,23,30,33H,4-5,8,11,14-15,28H2,1-3H3;1H4;1H/t29-,30-,33-;25-,26-;21-,23-;;/m000../s1. The van der Waals surface area contributed by atoms with Gasteiger partial charge in [0.05, 0.1) is 59.0 Å². The van der Waals surface area contributed by atoms with Gasteiger partial charge in [0.25, 0.3) is 23.6 Å². The van der Waals surface area contributed by atoms with Crippen molar-refractivity contribution in [2.75, 3.05) is 52.5 Å². The van der Waals surface area contributed by atoms with E-state index in [9.17, 15) is 63.3 Å². The van der Waals surface area contributed by atoms with Crippen molar-refractivity contribution in [1.82, 2.24) is 80.4 Å². The molecule has 712 valence electrons. The van der Waals surface area contributed by atoms with Crippen molar-refractivity contribution in [3.63, 3.8) is 0 Å². The van der Waals surface area contributed by atoms with Crippen LogP contribution in [0.5, 0.6) is 17.2 Å². The number of amides is 8. The number of hydrazine groups is 3. The Morgan fingerprint density at radius 3 is 1.22 bits per heavy atom. The number of fused-ring (bicyclic) bond motifs is 18. The molecule has 3 aromatic heterocycles. The Morgan fingerprint density at radius 1 is 0.511 bits per heavy atom. The number of alkyl carbamates (subject to hydrolysis) is 1. The average molecular weight is 1830 g/mol. The molecule has 18 bridgehead atoms. The third-order valence-electron chi connectivity index (χ3n) is 24.5. The first kappa shape index (κ1) is 99.2. The molecule has 133 heavy (non-hydrogen) atoms. The summed E-state index contributed by atoms with van der Waals surface area (Å²) < 4.78 is 29.2. The van der Waals surface area contributed by atoms with Crippen LogP contribution >= 0.6 is 0 Å². The third-order valence-corrected chi connectivity index (χ3v) is 24.5. The van der Waals surface area contributed by atoms with Gasteiger partial charge in [-0.05, 0) is 221 Å². The fraction of sp³-hybridized carbons (Fsp3) is 0.480. The van der Waals surface area contributed by atoms with E-state index in [1.165, 1.54) is 19.9 Å². The Labute approximate surface area is 772 Å². The van der Waals surface area contributed by atoms with Crippen LogP contribution in [0.15, 0.2) is 122 Å². The molecule has 10 heterocycles. The molecule has 34 nitrogen and oxygen atoms in total. The molecule has 35 heteroatoms. The number of cyclic esters (lactones) is 3. The van der Waals surface area contributed by atoms with Crippen LogP contribution in [0.3, 0.4) is 0 Å². The van der Waals surface area contributed by atoms with Gasteiger partial charge in [-0.3, -0.25) is 63.0 Å². The largest absolute Gasteiger partial charge is 0.508 e. The van der Waals surface area contributed by atoms with Gasteiger partial charge < -0.3 is 69.2 Å². The summed E-state index contributed by atoms with van der Waals surface area (Å²) in [5, 5.41) is 41.9. The molecule has 9 aromatic rings. The SMILES string of the molecule is C.C=CC(=O)N1CCN([C@H](C(=O)N[C@H]2Cc3cc(O)cc(c3)-c3ccc4nc(C)n(c4c3)CC(C)(C)COC(=O)[C@@H]3CCCN(N3)C2=O)C(C)C)C1=O.Cc1nc2ccc3cc2n1CC(C)(C)COC(=O)[C@@H]1CCCN(N1)C(=O)[C@@H](N)Cc1cc(O)cc-3c1.Cc1nc2ccc3cc2n1CC(C)(C)COC(=O)[C@@H]1CCCN(N1)C(=O)[C@@H](NC(=O)OC(C)(C)C)Cc1cc(O)cc-3c1.F. The second kappa shape index (κ2) is 40.3. The number of nitrogens with zero attached hydrogens (tertiary/aromatic N) is 11. The molecule has 7 aliphatic heterocycles. The summed E-state index contributed by atoms with van der Waals surface area (Å²) in [5.74, 6) is -1.31. The number of carbonyl (C=O) groups is 10. The Balaban J connectivity index is 0.000000181. The number of nitrogens with one attached hydrogen (secondary N) is 5. The molecule has 4 fully saturated rings. The van der Waals surface area contributed by atoms with Crippen molar-refractivity contribution >= 4 is 92.7 Å². The quantitative estimate of drug-likeness (QED) is 0.0424. The number of hydrogen-bond acceptors (Lipinski definition) is 24. The average Bonchev–Trinajstić information content (AvgIpc) is 1.66. The fourth-order valence-corrected chi connectivity index (χ4v) is 18.0. The minimum Gasteiger partial charge on any atom is -0.508 e. The van der Waals surface area contributed by atoms with Gasteiger partial charge >= 0.3 is 30.0 Å². The number of esters is 3. The Kier molecular flexibility index (Phi) is 30.0. The molecular weight excluding hydrogens is 1710 g/mol. The first-order valence-corrected chi connectivity index (χ1v) is 44.9. The molecule has 7 atom stereocenters. The number of aryl methyl sites for hydroxylation is 3. The van der Waals surface area contributed by atoms with Gasteiger partial charge in [0.15, 0.2) is 0 Å². The van der Waals surface area contributed by atoms with E-state index in [1.807, 2.05) is 115 Å². The number of hydrogen-bond donors (Lipinski definition) is 9. The van der Waals surface area contributed by atoms with Crippen LogP contribution in [0, 0.1) is 42.9 Å². The number of ether oxygens (including phenoxy) is 4. The van der Waals surface area contributed by atoms with Crippen LogP contribution in [0.4, 0.5) is 14.3 Å². The van der Waals surface area contributed by atoms with E-state index in [0.717, 1.165) is 94.9 Å². The number of benzene rings is 6. The van der Waals surface area contributed by atoms with Crippen LogP contribution in [-0.4, -0.2) is 229 Å². The van der Waals surface area contributed by atoms with Gasteiger partial charge in [0, 0.05) is 81.4 Å². The van der Waals surface area contributed by atoms with Crippen molar-refractivity contribution < 1.29 is 86.9 Å². The highest BCUT2D eigenvalue weighted by Gasteiger charge is 2.44. The van der Waals surface area contributed by atoms with Crippen molar-refractivity contribution in [2.45, 2.75) is 230 Å². The van der Waals surface area contributed by atoms with E-state index in [2.05, 4.69) is 67.1 Å². The lowest BCUT2D eigenvalue weighted by molar-refractivity contribution is -0.156. The number of phenolic OH excluding ortho intramolecular Hbond substituents is 3. The highest BCUT2D eigenvalue weighted by atomic mass is 19.0. The lowest BCUT2D eigenvalue weighted by Gasteiger charge is -2.36. The number of phenols is 3. The summed E-state index contributed by atoms with van der Waals surface area (Å²) in [4.78, 5) is 150. The molecule has 6 aromatic carbocycles. The summed E-state index contributed by atoms with van der Waals surface area (Å²) in [6, 6.07) is 26.6. The highest BCUT2D eigenvalue weighted by Crippen LogP contribution is 2.38. The number of carbonyl (C=O) groups excluding carboxylic acids is 10. The molecule has 7 aliphatic rings. The van der Waals surface area contributed by atoms with Gasteiger partial charge in [-0.1, -0.05) is 106 Å². The molecule has 0 aliphatic carbocycles. The number of halogens is 1. The lowest BCUT2D eigenvalue weighted by Crippen LogP contribution is -2.62. The zero-order valence-corrected chi connectivity index (χ0v) is 77.4. The van der Waals surface area contributed by atoms with Crippen molar-refractivity contribution in [1.29, 1.82) is 0 Å². The second-order valence-electron chi connectivity index (χ2n) is 39.1. The molecule has 0 saturated carbocycles. The fourth-order valence-electron chi connectivity index (χ4n) is 18.0. The van der Waals surface area contributed by atoms with E-state index in [-0.39, 0.29) is 111 Å². The number of imidazole rings is 3. The summed E-state index contributed by atoms with van der Waals surface area (Å²) in [7, 11) is 0. The van der Waals surface area contributed by atoms with Gasteiger partial charge in [-0.15, -0.1) is 0 Å². The maximum Gasteiger partial charge on any atom is 0.408 e. The van der Waals surface area contributed by atoms with E-state index >= 15 is 0 Å². The number of nitrogens with two attached hydrogens (primary N) is 1. The van der Waals surface area contributed by atoms with Crippen LogP contribution in [0.1, 0.15) is 156 Å². The highest BCUT2D eigenvalue weighted by molar-refractivity contribution is 6.03. The smallest absolute Gasteiger partial charge is 0.408 e. The zero-order valence-electron chi connectivity index (χ0n) is 77.4. The normalized spacial score (nSPS) is 21.5. The van der Waals surface area contributed by atoms with E-state index < -0.39 is 106 Å². The van der Waals surface area contributed by atoms with Crippen LogP contribution in [0.2, 0.25) is 0 Å². The Hall–Kier alpha value is -12.9. The summed E-state index contributed by atoms with van der Waals surface area (Å²) in [6.07, 6.45) is 3.97. The minimum atomic E-state index is -1.15. The third kappa shape index (κ3) is 23.3. The first-order chi connectivity index (χ1) is 61.9. The Morgan fingerprint density at radius 2 is 0.865 bits per heavy atom. The molecule has 4 saturated heterocycles. The molecule has 10 N–H and O–H groups in total. The zero-order chi connectivity index (χ0) is 94.2. The minimum absolute atomic E-state index is 0. The first-order valence-electron chi connectivity index (χ1n) is 44.9. The van der Waals surface area contributed by atoms with Crippen LogP contribution in [-0.2, 0) is 96.2 Å². The maximum absolute atomic E-state index is 14.4. The predicted molar refractivity (Wildman–Crippen MR) is 499 cm³/mol. The van der Waals surface area contributed by atoms with Crippen LogP contribution < -0.4 is 32.6 Å². The second-order valence-corrected chi connectivity index (χ2v) is 39.1. The number of rotatable bonds is 6. The summed E-state index contributed by atoms with van der Waals surface area (Å²) in [6.45, 7) is 33.9. The van der Waals surface area contributed by atoms with Crippen LogP contribution in [0.25, 0.3) is 66.5 Å². The monoisotopic (exact) mass is 1830 g/mol. The van der Waals surface area contributed by atoms with Gasteiger partial charge in [0.2, 0.25) is 5.91 Å². The summed E-state index contributed by atoms with van der Waals surface area (Å²) >= 11 is 0. The van der Waals surface area contributed by atoms with Crippen molar-refractivity contribution in [3.8, 4) is 50.6 Å². The number of imide groups is 1. The van der Waals surface area contributed by atoms with Crippen molar-refractivity contribution in [3.05, 3.63) is 156 Å². The van der Waals surface area contributed by atoms with E-state index in [4.69, 9.17) is 39.6 Å². The van der Waals surface area contributed by atoms with Gasteiger partial charge in [-0.2, -0.15) is 0 Å². The van der Waals surface area contributed by atoms with Crippen molar-refractivity contribution in [2.24, 2.45) is 27.9 Å². The number of aromatic hydroxyl groups is 3. The van der Waals surface area contributed by atoms with Gasteiger partial charge in [0.1, 0.15) is 76.6 Å². The van der Waals surface area contributed by atoms with E-state index in [1.54, 1.807) is 71.0 Å². The predicted octanol–water partition coefficient (Wildman–Crippen LogP) is 11.0. The molecule has 16 rings (SSSR count). The molecular formula is C98H126FN17O17. The maximum atomic E-state index is 14.4. The van der Waals surface area contributed by atoms with Gasteiger partial charge in [-0.25, -0.2) is 40.8 Å². The number of aromatic nitrogens is 6. The topological polar surface area (TPSA) is 424 Å². The Bertz CT molecular complexity index is 5950.